The lowest BCUT2D eigenvalue weighted by molar-refractivity contribution is -0.122. The Labute approximate surface area is 176 Å². The van der Waals surface area contributed by atoms with Crippen molar-refractivity contribution in [1.29, 1.82) is 0 Å². The lowest BCUT2D eigenvalue weighted by Gasteiger charge is -2.30. The molecule has 0 aliphatic carbocycles. The first-order valence-electron chi connectivity index (χ1n) is 9.73. The zero-order valence-electron chi connectivity index (χ0n) is 17.0. The second kappa shape index (κ2) is 11.9. The molecule has 1 aliphatic rings. The van der Waals surface area contributed by atoms with E-state index < -0.39 is 10.0 Å². The van der Waals surface area contributed by atoms with Gasteiger partial charge in [0.05, 0.1) is 19.1 Å². The number of amides is 1. The van der Waals surface area contributed by atoms with E-state index in [2.05, 4.69) is 10.3 Å². The molecule has 3 N–H and O–H groups in total. The van der Waals surface area contributed by atoms with E-state index in [0.717, 1.165) is 0 Å². The Kier molecular flexibility index (Phi) is 9.63. The molecule has 1 fully saturated rings. The average Bonchev–Trinajstić information content (AvgIpc) is 2.75. The fourth-order valence-electron chi connectivity index (χ4n) is 3.04. The highest BCUT2D eigenvalue weighted by atomic mass is 32.2. The van der Waals surface area contributed by atoms with Crippen molar-refractivity contribution in [2.75, 3.05) is 46.5 Å². The molecule has 0 unspecified atom stereocenters. The van der Waals surface area contributed by atoms with Gasteiger partial charge in [-0.15, -0.1) is 0 Å². The van der Waals surface area contributed by atoms with E-state index in [1.54, 1.807) is 7.11 Å². The highest BCUT2D eigenvalue weighted by Gasteiger charge is 2.30. The van der Waals surface area contributed by atoms with Crippen molar-refractivity contribution in [1.82, 2.24) is 14.6 Å². The van der Waals surface area contributed by atoms with Crippen molar-refractivity contribution in [3.05, 3.63) is 30.2 Å². The minimum absolute atomic E-state index is 0.0216. The summed E-state index contributed by atoms with van der Waals surface area (Å²) in [5, 5.41) is 2.78. The van der Waals surface area contributed by atoms with Crippen LogP contribution in [0.1, 0.15) is 19.3 Å². The zero-order chi connectivity index (χ0) is 22.0. The van der Waals surface area contributed by atoms with E-state index in [1.165, 1.54) is 22.6 Å². The Bertz CT molecular complexity index is 809. The third kappa shape index (κ3) is 7.01. The van der Waals surface area contributed by atoms with Gasteiger partial charge in [0.15, 0.2) is 0 Å². The number of piperidine rings is 1. The van der Waals surface area contributed by atoms with Gasteiger partial charge in [-0.2, -0.15) is 4.31 Å². The molecular formula is C19H29FN4O5S. The molecule has 1 aliphatic heterocycles. The van der Waals surface area contributed by atoms with Gasteiger partial charge in [-0.1, -0.05) is 0 Å². The number of methoxy groups -OCH3 is 1. The predicted octanol–water partition coefficient (Wildman–Crippen LogP) is 0.826. The number of pyridine rings is 1. The highest BCUT2D eigenvalue weighted by Crippen LogP contribution is 2.26. The minimum atomic E-state index is -3.68. The topological polar surface area (TPSA) is 124 Å². The number of carbonyl (C=O) groups excluding carboxylic acids is 1. The number of nitrogens with two attached hydrogens (primary N) is 1. The van der Waals surface area contributed by atoms with Crippen LogP contribution in [0.4, 0.5) is 4.39 Å². The van der Waals surface area contributed by atoms with Gasteiger partial charge in [0, 0.05) is 51.3 Å². The average molecular weight is 445 g/mol. The molecule has 0 bridgehead atoms. The van der Waals surface area contributed by atoms with E-state index in [0.29, 0.717) is 51.8 Å². The van der Waals surface area contributed by atoms with Crippen molar-refractivity contribution in [2.45, 2.75) is 24.2 Å². The Hall–Kier alpha value is -2.08. The van der Waals surface area contributed by atoms with Crippen LogP contribution in [0.5, 0.6) is 5.88 Å². The normalized spacial score (nSPS) is 16.4. The van der Waals surface area contributed by atoms with Crippen LogP contribution in [0, 0.1) is 5.92 Å². The smallest absolute Gasteiger partial charge is 0.244 e. The van der Waals surface area contributed by atoms with E-state index in [-0.39, 0.29) is 41.3 Å². The van der Waals surface area contributed by atoms with Crippen LogP contribution in [0.2, 0.25) is 0 Å². The molecule has 168 valence electrons. The molecule has 0 radical (unpaired) electrons. The van der Waals surface area contributed by atoms with E-state index in [1.807, 2.05) is 0 Å². The van der Waals surface area contributed by atoms with E-state index in [4.69, 9.17) is 15.2 Å². The molecule has 2 heterocycles. The molecule has 30 heavy (non-hydrogen) atoms. The largest absolute Gasteiger partial charge is 0.473 e. The van der Waals surface area contributed by atoms with Gasteiger partial charge in [-0.3, -0.25) is 4.79 Å². The maximum atomic E-state index is 12.8. The minimum Gasteiger partial charge on any atom is -0.473 e. The Balaban J connectivity index is 1.87. The van der Waals surface area contributed by atoms with Crippen molar-refractivity contribution in [2.24, 2.45) is 11.7 Å². The number of nitrogens with one attached hydrogen (secondary N) is 1. The van der Waals surface area contributed by atoms with Crippen LogP contribution in [0.15, 0.2) is 35.1 Å². The summed E-state index contributed by atoms with van der Waals surface area (Å²) in [4.78, 5) is 16.0. The molecule has 2 rings (SSSR count). The molecule has 0 atom stereocenters. The van der Waals surface area contributed by atoms with Crippen LogP contribution in [-0.2, 0) is 19.6 Å². The fraction of sp³-hybridized carbons (Fsp3) is 0.579. The first-order chi connectivity index (χ1) is 14.4. The van der Waals surface area contributed by atoms with Crippen molar-refractivity contribution in [3.63, 3.8) is 0 Å². The summed E-state index contributed by atoms with van der Waals surface area (Å²) in [7, 11) is -2.11. The number of hydrogen-bond acceptors (Lipinski definition) is 7. The molecule has 1 amide bonds. The predicted molar refractivity (Wildman–Crippen MR) is 109 cm³/mol. The van der Waals surface area contributed by atoms with Crippen molar-refractivity contribution < 1.29 is 27.1 Å². The van der Waals surface area contributed by atoms with Gasteiger partial charge in [-0.05, 0) is 24.8 Å². The van der Waals surface area contributed by atoms with Crippen LogP contribution in [0.3, 0.4) is 0 Å². The Morgan fingerprint density at radius 2 is 2.13 bits per heavy atom. The maximum absolute atomic E-state index is 12.8. The Morgan fingerprint density at radius 1 is 1.40 bits per heavy atom. The molecule has 11 heteroatoms. The highest BCUT2D eigenvalue weighted by molar-refractivity contribution is 7.89. The van der Waals surface area contributed by atoms with E-state index >= 15 is 0 Å². The third-order valence-electron chi connectivity index (χ3n) is 4.84. The summed E-state index contributed by atoms with van der Waals surface area (Å²) in [6.07, 6.45) is 3.21. The van der Waals surface area contributed by atoms with Crippen molar-refractivity contribution >= 4 is 15.9 Å². The maximum Gasteiger partial charge on any atom is 0.244 e. The first-order valence-corrected chi connectivity index (χ1v) is 11.2. The number of nitrogens with zero attached hydrogens (tertiary/aromatic N) is 2. The summed E-state index contributed by atoms with van der Waals surface area (Å²) >= 11 is 0. The van der Waals surface area contributed by atoms with Crippen molar-refractivity contribution in [3.8, 4) is 5.88 Å². The summed E-state index contributed by atoms with van der Waals surface area (Å²) in [6.45, 7) is 1.58. The quantitative estimate of drug-likeness (QED) is 0.484. The molecule has 0 saturated carbocycles. The van der Waals surface area contributed by atoms with Crippen LogP contribution < -0.4 is 15.8 Å². The number of carbonyl (C=O) groups is 1. The molecule has 1 aromatic rings. The first kappa shape index (κ1) is 24.2. The van der Waals surface area contributed by atoms with Crippen LogP contribution in [0.25, 0.3) is 0 Å². The third-order valence-corrected chi connectivity index (χ3v) is 6.73. The monoisotopic (exact) mass is 444 g/mol. The number of aromatic nitrogens is 1. The number of sulfonamides is 1. The van der Waals surface area contributed by atoms with Gasteiger partial charge in [0.2, 0.25) is 21.8 Å². The molecule has 0 aromatic carbocycles. The molecule has 1 saturated heterocycles. The van der Waals surface area contributed by atoms with E-state index in [9.17, 15) is 17.6 Å². The second-order valence-corrected chi connectivity index (χ2v) is 8.92. The summed E-state index contributed by atoms with van der Waals surface area (Å²) in [5.41, 5.74) is 5.62. The van der Waals surface area contributed by atoms with Crippen LogP contribution in [-0.4, -0.2) is 70.1 Å². The lowest BCUT2D eigenvalue weighted by Crippen LogP contribution is -2.39. The number of ether oxygens (including phenoxy) is 2. The summed E-state index contributed by atoms with van der Waals surface area (Å²) in [5.74, 6) is 0.279. The van der Waals surface area contributed by atoms with Gasteiger partial charge in [0.25, 0.3) is 0 Å². The molecule has 0 spiro atoms. The second-order valence-electron chi connectivity index (χ2n) is 6.99. The summed E-state index contributed by atoms with van der Waals surface area (Å²) < 4.78 is 49.8. The van der Waals surface area contributed by atoms with Gasteiger partial charge in [0.1, 0.15) is 11.5 Å². The fourth-order valence-corrected chi connectivity index (χ4v) is 4.45. The number of hydrogen-bond donors (Lipinski definition) is 2. The zero-order valence-corrected chi connectivity index (χ0v) is 17.9. The molecule has 1 aromatic heterocycles. The lowest BCUT2D eigenvalue weighted by atomic mass is 9.94. The standard InChI is InChI=1S/C19H29FN4O5S/c1-28-9-6-22-18(25)10-15-4-7-24(8-5-15)30(26,27)17-2-3-19(23-13-17)29-14-16(11-20)12-21/h2-3,11,13,15H,4-10,12,14,21H2,1H3,(H,22,25)/b16-11-. The van der Waals surface area contributed by atoms with Crippen LogP contribution >= 0.6 is 0 Å². The van der Waals surface area contributed by atoms with Gasteiger partial charge < -0.3 is 20.5 Å². The SMILES string of the molecule is COCCNC(=O)CC1CCN(S(=O)(=O)c2ccc(OC/C(=C\F)CN)nc2)CC1. The van der Waals surface area contributed by atoms with Gasteiger partial charge in [-0.25, -0.2) is 17.8 Å². The number of rotatable bonds is 11. The Morgan fingerprint density at radius 3 is 2.70 bits per heavy atom. The number of halogens is 1. The summed E-state index contributed by atoms with van der Waals surface area (Å²) in [6, 6.07) is 2.84. The molecular weight excluding hydrogens is 415 g/mol. The molecule has 9 nitrogen and oxygen atoms in total. The van der Waals surface area contributed by atoms with Gasteiger partial charge >= 0.3 is 0 Å².